The van der Waals surface area contributed by atoms with Crippen molar-refractivity contribution in [1.29, 1.82) is 0 Å². The van der Waals surface area contributed by atoms with Gasteiger partial charge in [0.1, 0.15) is 6.61 Å². The Labute approximate surface area is 195 Å². The quantitative estimate of drug-likeness (QED) is 0.347. The first kappa shape index (κ1) is 23.1. The smallest absolute Gasteiger partial charge is 0.337 e. The first-order chi connectivity index (χ1) is 14.9. The van der Waals surface area contributed by atoms with Crippen molar-refractivity contribution in [2.45, 2.75) is 20.1 Å². The largest absolute Gasteiger partial charge is 0.490 e. The fourth-order valence-electron chi connectivity index (χ4n) is 2.86. The van der Waals surface area contributed by atoms with E-state index in [1.54, 1.807) is 24.3 Å². The molecular formula is C23H20Cl3NO4. The molecule has 0 aromatic heterocycles. The lowest BCUT2D eigenvalue weighted by molar-refractivity contribution is 0.0697. The molecule has 3 aromatic carbocycles. The second-order valence-corrected chi connectivity index (χ2v) is 7.78. The van der Waals surface area contributed by atoms with Gasteiger partial charge in [0.15, 0.2) is 11.5 Å². The number of rotatable bonds is 9. The number of benzene rings is 3. The van der Waals surface area contributed by atoms with E-state index >= 15 is 0 Å². The van der Waals surface area contributed by atoms with Crippen LogP contribution in [-0.2, 0) is 13.2 Å². The Morgan fingerprint density at radius 2 is 1.65 bits per heavy atom. The van der Waals surface area contributed by atoms with Crippen molar-refractivity contribution in [3.8, 4) is 11.5 Å². The van der Waals surface area contributed by atoms with Crippen LogP contribution >= 0.6 is 34.8 Å². The summed E-state index contributed by atoms with van der Waals surface area (Å²) in [6.07, 6.45) is 0. The minimum Gasteiger partial charge on any atom is -0.490 e. The molecule has 8 heteroatoms. The molecule has 0 amide bonds. The Bertz CT molecular complexity index is 1090. The molecule has 3 aromatic rings. The molecule has 0 bridgehead atoms. The molecule has 0 fully saturated rings. The van der Waals surface area contributed by atoms with Crippen LogP contribution < -0.4 is 14.8 Å². The van der Waals surface area contributed by atoms with Crippen LogP contribution in [0.2, 0.25) is 15.1 Å². The molecule has 0 radical (unpaired) electrons. The van der Waals surface area contributed by atoms with Crippen LogP contribution in [0.15, 0.2) is 54.6 Å². The maximum absolute atomic E-state index is 11.3. The van der Waals surface area contributed by atoms with Gasteiger partial charge in [-0.15, -0.1) is 0 Å². The van der Waals surface area contributed by atoms with E-state index in [4.69, 9.17) is 44.3 Å². The predicted octanol–water partition coefficient (Wildman–Crippen LogP) is 6.93. The maximum Gasteiger partial charge on any atom is 0.337 e. The molecule has 2 N–H and O–H groups in total. The van der Waals surface area contributed by atoms with Crippen LogP contribution in [0.1, 0.15) is 28.4 Å². The van der Waals surface area contributed by atoms with Gasteiger partial charge in [-0.25, -0.2) is 4.79 Å². The second-order valence-electron chi connectivity index (χ2n) is 6.56. The summed E-state index contributed by atoms with van der Waals surface area (Å²) < 4.78 is 11.6. The van der Waals surface area contributed by atoms with Gasteiger partial charge < -0.3 is 19.9 Å². The molecule has 0 spiro atoms. The SMILES string of the molecule is CCOc1cc(CNc2ccc(Cl)c(C(=O)O)c2)c(Cl)cc1OCc1ccccc1Cl. The summed E-state index contributed by atoms with van der Waals surface area (Å²) in [7, 11) is 0. The van der Waals surface area contributed by atoms with Crippen LogP contribution in [0.25, 0.3) is 0 Å². The van der Waals surface area contributed by atoms with Crippen molar-refractivity contribution in [3.63, 3.8) is 0 Å². The zero-order valence-electron chi connectivity index (χ0n) is 16.6. The van der Waals surface area contributed by atoms with E-state index in [1.807, 2.05) is 25.1 Å². The van der Waals surface area contributed by atoms with Gasteiger partial charge in [-0.3, -0.25) is 0 Å². The van der Waals surface area contributed by atoms with Crippen LogP contribution in [0.5, 0.6) is 11.5 Å². The standard InChI is InChI=1S/C23H20Cl3NO4/c1-2-30-21-9-15(12-27-16-7-8-19(25)17(10-16)23(28)29)20(26)11-22(21)31-13-14-5-3-4-6-18(14)24/h3-11,27H,2,12-13H2,1H3,(H,28,29). The fraction of sp³-hybridized carbons (Fsp3) is 0.174. The molecule has 31 heavy (non-hydrogen) atoms. The van der Waals surface area contributed by atoms with Crippen LogP contribution in [-0.4, -0.2) is 17.7 Å². The third-order valence-corrected chi connectivity index (χ3v) is 5.48. The van der Waals surface area contributed by atoms with Crippen LogP contribution in [0.3, 0.4) is 0 Å². The number of nitrogens with one attached hydrogen (secondary N) is 1. The first-order valence-corrected chi connectivity index (χ1v) is 10.6. The minimum absolute atomic E-state index is 0.0242. The van der Waals surface area contributed by atoms with Crippen molar-refractivity contribution in [2.24, 2.45) is 0 Å². The van der Waals surface area contributed by atoms with E-state index in [-0.39, 0.29) is 17.2 Å². The lowest BCUT2D eigenvalue weighted by Gasteiger charge is -2.16. The van der Waals surface area contributed by atoms with Crippen LogP contribution in [0, 0.1) is 0 Å². The van der Waals surface area contributed by atoms with Crippen molar-refractivity contribution in [1.82, 2.24) is 0 Å². The highest BCUT2D eigenvalue weighted by Gasteiger charge is 2.13. The molecular weight excluding hydrogens is 461 g/mol. The summed E-state index contributed by atoms with van der Waals surface area (Å²) in [5.41, 5.74) is 2.25. The number of hydrogen-bond donors (Lipinski definition) is 2. The van der Waals surface area contributed by atoms with Gasteiger partial charge in [0, 0.05) is 33.9 Å². The normalized spacial score (nSPS) is 10.6. The summed E-state index contributed by atoms with van der Waals surface area (Å²) in [5, 5.41) is 13.7. The highest BCUT2D eigenvalue weighted by molar-refractivity contribution is 6.33. The number of ether oxygens (including phenoxy) is 2. The number of carbonyl (C=O) groups is 1. The maximum atomic E-state index is 11.3. The Morgan fingerprint density at radius 1 is 0.903 bits per heavy atom. The van der Waals surface area contributed by atoms with Crippen molar-refractivity contribution < 1.29 is 19.4 Å². The molecule has 0 aliphatic rings. The molecule has 5 nitrogen and oxygen atoms in total. The summed E-state index contributed by atoms with van der Waals surface area (Å²) in [4.78, 5) is 11.3. The predicted molar refractivity (Wildman–Crippen MR) is 124 cm³/mol. The summed E-state index contributed by atoms with van der Waals surface area (Å²) >= 11 is 18.6. The van der Waals surface area contributed by atoms with E-state index in [0.717, 1.165) is 11.1 Å². The number of carboxylic acids is 1. The monoisotopic (exact) mass is 479 g/mol. The molecule has 0 aliphatic carbocycles. The lowest BCUT2D eigenvalue weighted by Crippen LogP contribution is -2.05. The molecule has 0 saturated heterocycles. The van der Waals surface area contributed by atoms with Gasteiger partial charge in [0.05, 0.1) is 17.2 Å². The topological polar surface area (TPSA) is 67.8 Å². The first-order valence-electron chi connectivity index (χ1n) is 9.47. The number of carboxylic acid groups (broad SMARTS) is 1. The number of aromatic carboxylic acids is 1. The van der Waals surface area contributed by atoms with E-state index in [1.165, 1.54) is 12.1 Å². The fourth-order valence-corrected chi connectivity index (χ4v) is 3.47. The number of anilines is 1. The molecule has 0 aliphatic heterocycles. The van der Waals surface area contributed by atoms with Crippen molar-refractivity contribution in [3.05, 3.63) is 86.4 Å². The molecule has 162 valence electrons. The molecule has 0 unspecified atom stereocenters. The molecule has 0 atom stereocenters. The van der Waals surface area contributed by atoms with Gasteiger partial charge in [-0.2, -0.15) is 0 Å². The highest BCUT2D eigenvalue weighted by atomic mass is 35.5. The summed E-state index contributed by atoms with van der Waals surface area (Å²) in [5.74, 6) is -0.0291. The van der Waals surface area contributed by atoms with Crippen molar-refractivity contribution >= 4 is 46.5 Å². The Balaban J connectivity index is 1.77. The van der Waals surface area contributed by atoms with Crippen LogP contribution in [0.4, 0.5) is 5.69 Å². The average Bonchev–Trinajstić information content (AvgIpc) is 2.74. The third kappa shape index (κ3) is 5.97. The van der Waals surface area contributed by atoms with E-state index in [0.29, 0.717) is 40.4 Å². The average molecular weight is 481 g/mol. The van der Waals surface area contributed by atoms with E-state index < -0.39 is 5.97 Å². The Kier molecular flexibility index (Phi) is 7.91. The molecule has 0 saturated carbocycles. The van der Waals surface area contributed by atoms with E-state index in [2.05, 4.69) is 5.32 Å². The Hall–Kier alpha value is -2.60. The van der Waals surface area contributed by atoms with Gasteiger partial charge in [0.2, 0.25) is 0 Å². The molecule has 3 rings (SSSR count). The lowest BCUT2D eigenvalue weighted by atomic mass is 10.1. The minimum atomic E-state index is -1.09. The summed E-state index contributed by atoms with van der Waals surface area (Å²) in [6, 6.07) is 15.7. The zero-order valence-corrected chi connectivity index (χ0v) is 18.9. The van der Waals surface area contributed by atoms with Gasteiger partial charge >= 0.3 is 5.97 Å². The number of halogens is 3. The number of hydrogen-bond acceptors (Lipinski definition) is 4. The Morgan fingerprint density at radius 3 is 2.35 bits per heavy atom. The highest BCUT2D eigenvalue weighted by Crippen LogP contribution is 2.35. The molecule has 0 heterocycles. The van der Waals surface area contributed by atoms with Crippen molar-refractivity contribution in [2.75, 3.05) is 11.9 Å². The zero-order chi connectivity index (χ0) is 22.4. The summed E-state index contributed by atoms with van der Waals surface area (Å²) in [6.45, 7) is 2.96. The van der Waals surface area contributed by atoms with Gasteiger partial charge in [0.25, 0.3) is 0 Å². The van der Waals surface area contributed by atoms with Gasteiger partial charge in [-0.05, 0) is 42.8 Å². The second kappa shape index (κ2) is 10.6. The third-order valence-electron chi connectivity index (χ3n) is 4.43. The van der Waals surface area contributed by atoms with Gasteiger partial charge in [-0.1, -0.05) is 53.0 Å². The van der Waals surface area contributed by atoms with E-state index in [9.17, 15) is 9.90 Å².